The number of amides is 1. The quantitative estimate of drug-likeness (QED) is 0.834. The van der Waals surface area contributed by atoms with Crippen molar-refractivity contribution in [3.05, 3.63) is 70.2 Å². The Bertz CT molecular complexity index is 671. The zero-order valence-corrected chi connectivity index (χ0v) is 14.9. The summed E-state index contributed by atoms with van der Waals surface area (Å²) in [6, 6.07) is 15.8. The van der Waals surface area contributed by atoms with E-state index in [-0.39, 0.29) is 17.4 Å². The third kappa shape index (κ3) is 5.11. The number of rotatable bonds is 4. The number of nitrogens with one attached hydrogen (secondary N) is 1. The number of hydrogen-bond acceptors (Lipinski definition) is 1. The minimum absolute atomic E-state index is 0.000311. The van der Waals surface area contributed by atoms with Crippen LogP contribution >= 0.6 is 11.6 Å². The summed E-state index contributed by atoms with van der Waals surface area (Å²) in [6.45, 7) is 8.58. The van der Waals surface area contributed by atoms with Crippen LogP contribution in [-0.2, 0) is 16.6 Å². The number of carbonyl (C=O) groups excluding carboxylic acids is 1. The molecule has 0 unspecified atom stereocenters. The number of carbonyl (C=O) groups is 1. The topological polar surface area (TPSA) is 29.1 Å². The molecule has 0 aliphatic heterocycles. The van der Waals surface area contributed by atoms with Gasteiger partial charge < -0.3 is 5.32 Å². The summed E-state index contributed by atoms with van der Waals surface area (Å²) in [4.78, 5) is 12.2. The third-order valence-corrected chi connectivity index (χ3v) is 4.14. The smallest absolute Gasteiger partial charge is 0.224 e. The summed E-state index contributed by atoms with van der Waals surface area (Å²) in [6.07, 6.45) is 0.338. The average molecular weight is 330 g/mol. The van der Waals surface area contributed by atoms with Crippen molar-refractivity contribution in [2.75, 3.05) is 0 Å². The number of halogens is 1. The van der Waals surface area contributed by atoms with E-state index in [1.54, 1.807) is 0 Å². The lowest BCUT2D eigenvalue weighted by atomic mass is 9.86. The SMILES string of the molecule is C[C@H](NC(=O)Cc1cccc(Cl)c1)c1ccc(C(C)(C)C)cc1. The monoisotopic (exact) mass is 329 g/mol. The van der Waals surface area contributed by atoms with Crippen molar-refractivity contribution in [2.45, 2.75) is 45.6 Å². The molecule has 0 aliphatic carbocycles. The summed E-state index contributed by atoms with van der Waals surface area (Å²) in [5.74, 6) is -0.000311. The molecule has 0 spiro atoms. The van der Waals surface area contributed by atoms with Gasteiger partial charge in [-0.25, -0.2) is 0 Å². The fourth-order valence-electron chi connectivity index (χ4n) is 2.48. The van der Waals surface area contributed by atoms with Crippen molar-refractivity contribution in [3.8, 4) is 0 Å². The minimum atomic E-state index is -0.0179. The molecule has 23 heavy (non-hydrogen) atoms. The zero-order valence-electron chi connectivity index (χ0n) is 14.2. The highest BCUT2D eigenvalue weighted by molar-refractivity contribution is 6.30. The van der Waals surface area contributed by atoms with Crippen molar-refractivity contribution >= 4 is 17.5 Å². The van der Waals surface area contributed by atoms with Gasteiger partial charge in [-0.1, -0.05) is 68.8 Å². The standard InChI is InChI=1S/C20H24ClNO/c1-14(16-8-10-17(11-9-16)20(2,3)4)22-19(23)13-15-6-5-7-18(21)12-15/h5-12,14H,13H2,1-4H3,(H,22,23)/t14-/m0/s1. The van der Waals surface area contributed by atoms with E-state index in [1.807, 2.05) is 31.2 Å². The Labute approximate surface area is 143 Å². The first kappa shape index (κ1) is 17.6. The summed E-state index contributed by atoms with van der Waals surface area (Å²) in [5, 5.41) is 3.69. The highest BCUT2D eigenvalue weighted by Crippen LogP contribution is 2.24. The fraction of sp³-hybridized carbons (Fsp3) is 0.350. The molecule has 0 heterocycles. The molecule has 0 aromatic heterocycles. The van der Waals surface area contributed by atoms with E-state index in [4.69, 9.17) is 11.6 Å². The van der Waals surface area contributed by atoms with Gasteiger partial charge in [-0.2, -0.15) is 0 Å². The molecular weight excluding hydrogens is 306 g/mol. The molecule has 0 fully saturated rings. The van der Waals surface area contributed by atoms with Crippen molar-refractivity contribution < 1.29 is 4.79 Å². The van der Waals surface area contributed by atoms with Crippen LogP contribution in [0.25, 0.3) is 0 Å². The Hall–Kier alpha value is -1.80. The predicted molar refractivity (Wildman–Crippen MR) is 96.9 cm³/mol. The molecule has 2 aromatic carbocycles. The lowest BCUT2D eigenvalue weighted by molar-refractivity contribution is -0.121. The summed E-state index contributed by atoms with van der Waals surface area (Å²) in [7, 11) is 0. The summed E-state index contributed by atoms with van der Waals surface area (Å²) < 4.78 is 0. The molecular formula is C20H24ClNO. The molecule has 1 atom stereocenters. The lowest BCUT2D eigenvalue weighted by Gasteiger charge is -2.20. The highest BCUT2D eigenvalue weighted by Gasteiger charge is 2.15. The van der Waals surface area contributed by atoms with Crippen LogP contribution in [0.2, 0.25) is 5.02 Å². The number of hydrogen-bond donors (Lipinski definition) is 1. The van der Waals surface area contributed by atoms with Gasteiger partial charge in [0.15, 0.2) is 0 Å². The van der Waals surface area contributed by atoms with Gasteiger partial charge in [0, 0.05) is 5.02 Å². The fourth-order valence-corrected chi connectivity index (χ4v) is 2.69. The van der Waals surface area contributed by atoms with Crippen LogP contribution in [0.3, 0.4) is 0 Å². The molecule has 2 rings (SSSR count). The lowest BCUT2D eigenvalue weighted by Crippen LogP contribution is -2.28. The van der Waals surface area contributed by atoms with Gasteiger partial charge in [0.2, 0.25) is 5.91 Å². The van der Waals surface area contributed by atoms with Gasteiger partial charge in [-0.15, -0.1) is 0 Å². The van der Waals surface area contributed by atoms with Crippen molar-refractivity contribution in [3.63, 3.8) is 0 Å². The normalized spacial score (nSPS) is 12.7. The Morgan fingerprint density at radius 2 is 1.78 bits per heavy atom. The van der Waals surface area contributed by atoms with E-state index >= 15 is 0 Å². The molecule has 3 heteroatoms. The third-order valence-electron chi connectivity index (χ3n) is 3.91. The van der Waals surface area contributed by atoms with Crippen LogP contribution in [0.15, 0.2) is 48.5 Å². The summed E-state index contributed by atoms with van der Waals surface area (Å²) in [5.41, 5.74) is 3.46. The van der Waals surface area contributed by atoms with Crippen LogP contribution in [0.5, 0.6) is 0 Å². The van der Waals surface area contributed by atoms with E-state index < -0.39 is 0 Å². The van der Waals surface area contributed by atoms with E-state index in [1.165, 1.54) is 5.56 Å². The van der Waals surface area contributed by atoms with Crippen molar-refractivity contribution in [1.29, 1.82) is 0 Å². The molecule has 0 aliphatic rings. The molecule has 0 saturated carbocycles. The molecule has 1 amide bonds. The largest absolute Gasteiger partial charge is 0.349 e. The highest BCUT2D eigenvalue weighted by atomic mass is 35.5. The number of benzene rings is 2. The van der Waals surface area contributed by atoms with Gasteiger partial charge in [-0.3, -0.25) is 4.79 Å². The van der Waals surface area contributed by atoms with E-state index in [0.717, 1.165) is 11.1 Å². The summed E-state index contributed by atoms with van der Waals surface area (Å²) >= 11 is 5.95. The van der Waals surface area contributed by atoms with Gasteiger partial charge in [0.1, 0.15) is 0 Å². The average Bonchev–Trinajstić information content (AvgIpc) is 2.46. The molecule has 2 nitrogen and oxygen atoms in total. The maximum atomic E-state index is 12.2. The Kier molecular flexibility index (Phi) is 5.48. The van der Waals surface area contributed by atoms with Gasteiger partial charge >= 0.3 is 0 Å². The first-order chi connectivity index (χ1) is 10.8. The minimum Gasteiger partial charge on any atom is -0.349 e. The molecule has 2 aromatic rings. The van der Waals surface area contributed by atoms with Crippen LogP contribution in [0, 0.1) is 0 Å². The Morgan fingerprint density at radius 1 is 1.13 bits per heavy atom. The first-order valence-corrected chi connectivity index (χ1v) is 8.28. The first-order valence-electron chi connectivity index (χ1n) is 7.90. The van der Waals surface area contributed by atoms with Crippen LogP contribution in [0.1, 0.15) is 50.4 Å². The second-order valence-electron chi connectivity index (χ2n) is 6.97. The second-order valence-corrected chi connectivity index (χ2v) is 7.40. The molecule has 122 valence electrons. The van der Waals surface area contributed by atoms with Crippen molar-refractivity contribution in [2.24, 2.45) is 0 Å². The van der Waals surface area contributed by atoms with E-state index in [0.29, 0.717) is 11.4 Å². The maximum Gasteiger partial charge on any atom is 0.224 e. The van der Waals surface area contributed by atoms with Gasteiger partial charge in [-0.05, 0) is 41.2 Å². The van der Waals surface area contributed by atoms with Crippen LogP contribution < -0.4 is 5.32 Å². The van der Waals surface area contributed by atoms with Crippen LogP contribution in [0.4, 0.5) is 0 Å². The molecule has 0 bridgehead atoms. The van der Waals surface area contributed by atoms with Crippen molar-refractivity contribution in [1.82, 2.24) is 5.32 Å². The zero-order chi connectivity index (χ0) is 17.0. The van der Waals surface area contributed by atoms with E-state index in [2.05, 4.69) is 50.4 Å². The second kappa shape index (κ2) is 7.18. The molecule has 0 radical (unpaired) electrons. The Balaban J connectivity index is 1.98. The van der Waals surface area contributed by atoms with Crippen LogP contribution in [-0.4, -0.2) is 5.91 Å². The van der Waals surface area contributed by atoms with E-state index in [9.17, 15) is 4.79 Å². The Morgan fingerprint density at radius 3 is 2.35 bits per heavy atom. The molecule has 0 saturated heterocycles. The maximum absolute atomic E-state index is 12.2. The molecule has 1 N–H and O–H groups in total. The van der Waals surface area contributed by atoms with Gasteiger partial charge in [0.25, 0.3) is 0 Å². The van der Waals surface area contributed by atoms with Gasteiger partial charge in [0.05, 0.1) is 12.5 Å². The predicted octanol–water partition coefficient (Wildman–Crippen LogP) is 5.06.